The van der Waals surface area contributed by atoms with Gasteiger partial charge in [-0.1, -0.05) is 61.0 Å². The molecule has 0 aliphatic carbocycles. The van der Waals surface area contributed by atoms with Crippen LogP contribution in [0.3, 0.4) is 0 Å². The van der Waals surface area contributed by atoms with Crippen molar-refractivity contribution in [3.8, 4) is 11.1 Å². The number of Topliss-reactive ketones (excluding diaryl/α,β-unsaturated/α-hetero) is 1. The predicted octanol–water partition coefficient (Wildman–Crippen LogP) is 6.36. The van der Waals surface area contributed by atoms with Crippen LogP contribution in [0.4, 0.5) is 0 Å². The molecule has 146 valence electrons. The highest BCUT2D eigenvalue weighted by Crippen LogP contribution is 2.48. The van der Waals surface area contributed by atoms with Crippen molar-refractivity contribution in [1.82, 2.24) is 0 Å². The fraction of sp³-hybridized carbons (Fsp3) is 0.409. The molecule has 4 nitrogen and oxygen atoms in total. The first-order valence-corrected chi connectivity index (χ1v) is 11.4. The number of carbonyl (C=O) groups excluding carboxylic acids is 1. The second kappa shape index (κ2) is 11.2. The van der Waals surface area contributed by atoms with Crippen molar-refractivity contribution in [3.05, 3.63) is 60.2 Å². The van der Waals surface area contributed by atoms with Crippen LogP contribution in [-0.4, -0.2) is 25.2 Å². The van der Waals surface area contributed by atoms with Gasteiger partial charge in [0.15, 0.2) is 5.78 Å². The van der Waals surface area contributed by atoms with Crippen LogP contribution < -0.4 is 0 Å². The molecule has 0 radical (unpaired) electrons. The molecule has 0 N–H and O–H groups in total. The Hall–Kier alpha value is -1.74. The molecule has 27 heavy (non-hydrogen) atoms. The third kappa shape index (κ3) is 7.06. The fourth-order valence-electron chi connectivity index (χ4n) is 2.95. The quantitative estimate of drug-likeness (QED) is 0.241. The lowest BCUT2D eigenvalue weighted by molar-refractivity contribution is 0.0979. The molecular weight excluding hydrogens is 359 g/mol. The Labute approximate surface area is 162 Å². The summed E-state index contributed by atoms with van der Waals surface area (Å²) in [6, 6.07) is 17.9. The summed E-state index contributed by atoms with van der Waals surface area (Å²) in [6.45, 7) is 4.39. The Morgan fingerprint density at radius 3 is 2.00 bits per heavy atom. The highest BCUT2D eigenvalue weighted by atomic mass is 31.2. The van der Waals surface area contributed by atoms with Gasteiger partial charge in [0, 0.05) is 12.0 Å². The summed E-state index contributed by atoms with van der Waals surface area (Å²) in [5.74, 6) is 0.146. The van der Waals surface area contributed by atoms with Gasteiger partial charge in [0.2, 0.25) is 0 Å². The molecule has 0 fully saturated rings. The Morgan fingerprint density at radius 2 is 1.41 bits per heavy atom. The van der Waals surface area contributed by atoms with Gasteiger partial charge in [-0.05, 0) is 37.8 Å². The van der Waals surface area contributed by atoms with Crippen LogP contribution in [0, 0.1) is 0 Å². The molecule has 0 saturated heterocycles. The summed E-state index contributed by atoms with van der Waals surface area (Å²) < 4.78 is 22.9. The van der Waals surface area contributed by atoms with E-state index >= 15 is 0 Å². The van der Waals surface area contributed by atoms with Crippen molar-refractivity contribution in [2.24, 2.45) is 0 Å². The molecule has 5 heteroatoms. The van der Waals surface area contributed by atoms with E-state index in [-0.39, 0.29) is 5.78 Å². The minimum Gasteiger partial charge on any atom is -0.309 e. The molecule has 0 spiro atoms. The molecule has 0 heterocycles. The van der Waals surface area contributed by atoms with Crippen LogP contribution in [0.15, 0.2) is 54.6 Å². The summed E-state index contributed by atoms with van der Waals surface area (Å²) in [5, 5.41) is 0. The molecular formula is C22H29O4P. The number of rotatable bonds is 12. The lowest BCUT2D eigenvalue weighted by atomic mass is 10.0. The third-order valence-corrected chi connectivity index (χ3v) is 6.47. The van der Waals surface area contributed by atoms with Crippen LogP contribution in [-0.2, 0) is 13.6 Å². The number of ketones is 1. The van der Waals surface area contributed by atoms with E-state index in [9.17, 15) is 9.36 Å². The maximum Gasteiger partial charge on any atom is 0.330 e. The van der Waals surface area contributed by atoms with Crippen molar-refractivity contribution in [2.45, 2.75) is 39.5 Å². The monoisotopic (exact) mass is 388 g/mol. The van der Waals surface area contributed by atoms with E-state index in [0.717, 1.165) is 36.0 Å². The molecule has 2 aromatic rings. The van der Waals surface area contributed by atoms with Crippen LogP contribution in [0.2, 0.25) is 0 Å². The third-order valence-electron chi connectivity index (χ3n) is 4.30. The minimum absolute atomic E-state index is 0.146. The fourth-order valence-corrected chi connectivity index (χ4v) is 4.68. The zero-order chi connectivity index (χ0) is 19.5. The van der Waals surface area contributed by atoms with E-state index in [0.29, 0.717) is 25.8 Å². The molecule has 0 aliphatic heterocycles. The normalized spacial score (nSPS) is 11.5. The molecule has 2 rings (SSSR count). The average molecular weight is 388 g/mol. The zero-order valence-electron chi connectivity index (χ0n) is 16.2. The summed E-state index contributed by atoms with van der Waals surface area (Å²) in [7, 11) is -2.96. The van der Waals surface area contributed by atoms with E-state index in [1.165, 1.54) is 0 Å². The van der Waals surface area contributed by atoms with Gasteiger partial charge in [-0.25, -0.2) is 0 Å². The Bertz CT molecular complexity index is 731. The van der Waals surface area contributed by atoms with E-state index in [4.69, 9.17) is 9.05 Å². The summed E-state index contributed by atoms with van der Waals surface area (Å²) in [5.41, 5.74) is 2.99. The number of benzene rings is 2. The minimum atomic E-state index is -2.96. The van der Waals surface area contributed by atoms with Crippen LogP contribution in [0.25, 0.3) is 11.1 Å². The maximum absolute atomic E-state index is 12.4. The molecule has 0 aliphatic rings. The van der Waals surface area contributed by atoms with Crippen molar-refractivity contribution in [1.29, 1.82) is 0 Å². The van der Waals surface area contributed by atoms with Crippen LogP contribution in [0.5, 0.6) is 0 Å². The Morgan fingerprint density at radius 1 is 0.815 bits per heavy atom. The number of hydrogen-bond acceptors (Lipinski definition) is 4. The van der Waals surface area contributed by atoms with E-state index in [2.05, 4.69) is 12.1 Å². The van der Waals surface area contributed by atoms with E-state index in [1.807, 2.05) is 56.3 Å². The second-order valence-corrected chi connectivity index (χ2v) is 8.53. The lowest BCUT2D eigenvalue weighted by Gasteiger charge is -2.16. The SMILES string of the molecule is CCOP(=O)(CCCCCC(=O)c1ccc(-c2ccccc2)cc1)OCC. The largest absolute Gasteiger partial charge is 0.330 e. The van der Waals surface area contributed by atoms with Crippen molar-refractivity contribution in [3.63, 3.8) is 0 Å². The smallest absolute Gasteiger partial charge is 0.309 e. The van der Waals surface area contributed by atoms with Crippen molar-refractivity contribution in [2.75, 3.05) is 19.4 Å². The van der Waals surface area contributed by atoms with Gasteiger partial charge < -0.3 is 9.05 Å². The predicted molar refractivity (Wildman–Crippen MR) is 110 cm³/mol. The number of hydrogen-bond donors (Lipinski definition) is 0. The first-order chi connectivity index (χ1) is 13.1. The van der Waals surface area contributed by atoms with Gasteiger partial charge in [0.25, 0.3) is 0 Å². The van der Waals surface area contributed by atoms with Gasteiger partial charge in [-0.2, -0.15) is 0 Å². The Kier molecular flexibility index (Phi) is 8.93. The molecule has 0 aromatic heterocycles. The van der Waals surface area contributed by atoms with Gasteiger partial charge >= 0.3 is 7.60 Å². The first kappa shape index (κ1) is 21.6. The van der Waals surface area contributed by atoms with Gasteiger partial charge in [0.05, 0.1) is 19.4 Å². The number of unbranched alkanes of at least 4 members (excludes halogenated alkanes) is 2. The highest BCUT2D eigenvalue weighted by Gasteiger charge is 2.22. The standard InChI is InChI=1S/C22H29O4P/c1-3-25-27(24,26-4-2)18-10-6-9-13-22(23)21-16-14-20(15-17-21)19-11-7-5-8-12-19/h5,7-8,11-12,14-17H,3-4,6,9-10,13,18H2,1-2H3. The molecule has 0 unspecified atom stereocenters. The van der Waals surface area contributed by atoms with Gasteiger partial charge in [0.1, 0.15) is 0 Å². The molecule has 0 atom stereocenters. The maximum atomic E-state index is 12.4. The number of carbonyl (C=O) groups is 1. The van der Waals surface area contributed by atoms with Crippen molar-refractivity contribution >= 4 is 13.4 Å². The van der Waals surface area contributed by atoms with Crippen LogP contribution >= 0.6 is 7.60 Å². The summed E-state index contributed by atoms with van der Waals surface area (Å²) in [4.78, 5) is 12.4. The zero-order valence-corrected chi connectivity index (χ0v) is 17.1. The van der Waals surface area contributed by atoms with E-state index < -0.39 is 7.60 Å². The van der Waals surface area contributed by atoms with Crippen molar-refractivity contribution < 1.29 is 18.4 Å². The Balaban J connectivity index is 1.76. The summed E-state index contributed by atoms with van der Waals surface area (Å²) >= 11 is 0. The van der Waals surface area contributed by atoms with Gasteiger partial charge in [-0.15, -0.1) is 0 Å². The highest BCUT2D eigenvalue weighted by molar-refractivity contribution is 7.53. The second-order valence-electron chi connectivity index (χ2n) is 6.35. The summed E-state index contributed by atoms with van der Waals surface area (Å²) in [6.07, 6.45) is 3.25. The first-order valence-electron chi connectivity index (χ1n) is 9.65. The van der Waals surface area contributed by atoms with E-state index in [1.54, 1.807) is 0 Å². The molecule has 2 aromatic carbocycles. The molecule has 0 amide bonds. The molecule has 0 bridgehead atoms. The average Bonchev–Trinajstić information content (AvgIpc) is 2.69. The van der Waals surface area contributed by atoms with Gasteiger partial charge in [-0.3, -0.25) is 9.36 Å². The molecule has 0 saturated carbocycles. The lowest BCUT2D eigenvalue weighted by Crippen LogP contribution is -2.02. The van der Waals surface area contributed by atoms with Crippen LogP contribution in [0.1, 0.15) is 49.9 Å². The topological polar surface area (TPSA) is 52.6 Å².